The van der Waals surface area contributed by atoms with Crippen LogP contribution in [0.2, 0.25) is 0 Å². The Hall–Kier alpha value is -2.16. The number of aryl methyl sites for hydroxylation is 2. The minimum absolute atomic E-state index is 0.163. The smallest absolute Gasteiger partial charge is 0.221 e. The van der Waals surface area contributed by atoms with Crippen molar-refractivity contribution in [3.05, 3.63) is 59.2 Å². The summed E-state index contributed by atoms with van der Waals surface area (Å²) in [5.74, 6) is 2.86. The monoisotopic (exact) mass is 376 g/mol. The van der Waals surface area contributed by atoms with E-state index >= 15 is 0 Å². The summed E-state index contributed by atoms with van der Waals surface area (Å²) in [7, 11) is 0. The second-order valence-electron chi connectivity index (χ2n) is 9.23. The zero-order valence-corrected chi connectivity index (χ0v) is 18.5. The van der Waals surface area contributed by atoms with E-state index in [2.05, 4.69) is 94.1 Å². The standard InChI is InChI=1S/C25H34N3/c1-8-11-21-22(17(3)4)23-27(25(14-9-2)16-24(21,25)7)19(6)26-28(23)20-13-10-12-18(5)15-20/h8,10-13,15,17H,9,14,16H2,1-7H3/q+1. The topological polar surface area (TPSA) is 21.7 Å². The first-order chi connectivity index (χ1) is 13.3. The van der Waals surface area contributed by atoms with Gasteiger partial charge in [-0.05, 0) is 55.9 Å². The fourth-order valence-electron chi connectivity index (χ4n) is 5.70. The zero-order valence-electron chi connectivity index (χ0n) is 18.5. The fraction of sp³-hybridized carbons (Fsp3) is 0.520. The third-order valence-corrected chi connectivity index (χ3v) is 6.90. The van der Waals surface area contributed by atoms with Crippen molar-refractivity contribution in [3.8, 4) is 5.69 Å². The van der Waals surface area contributed by atoms with Crippen LogP contribution in [0.5, 0.6) is 0 Å². The molecule has 1 aromatic heterocycles. The van der Waals surface area contributed by atoms with Gasteiger partial charge < -0.3 is 0 Å². The molecule has 3 heteroatoms. The van der Waals surface area contributed by atoms with Gasteiger partial charge in [-0.3, -0.25) is 0 Å². The molecule has 2 heterocycles. The molecule has 1 saturated carbocycles. The Bertz CT molecular complexity index is 991. The van der Waals surface area contributed by atoms with Crippen LogP contribution in [-0.4, -0.2) is 9.78 Å². The van der Waals surface area contributed by atoms with Crippen molar-refractivity contribution in [1.29, 1.82) is 0 Å². The van der Waals surface area contributed by atoms with Crippen LogP contribution in [0.4, 0.5) is 0 Å². The molecule has 0 spiro atoms. The Morgan fingerprint density at radius 1 is 1.29 bits per heavy atom. The van der Waals surface area contributed by atoms with E-state index in [-0.39, 0.29) is 11.0 Å². The summed E-state index contributed by atoms with van der Waals surface area (Å²) in [4.78, 5) is 0. The highest BCUT2D eigenvalue weighted by Crippen LogP contribution is 2.69. The Kier molecular flexibility index (Phi) is 4.41. The second kappa shape index (κ2) is 6.43. The van der Waals surface area contributed by atoms with E-state index in [1.165, 1.54) is 41.8 Å². The van der Waals surface area contributed by atoms with E-state index in [4.69, 9.17) is 5.10 Å². The normalized spacial score (nSPS) is 26.1. The van der Waals surface area contributed by atoms with Gasteiger partial charge in [-0.1, -0.05) is 63.1 Å². The molecule has 0 N–H and O–H groups in total. The van der Waals surface area contributed by atoms with Crippen LogP contribution < -0.4 is 4.57 Å². The van der Waals surface area contributed by atoms with Crippen molar-refractivity contribution in [2.45, 2.75) is 73.3 Å². The fourth-order valence-corrected chi connectivity index (χ4v) is 5.70. The number of benzene rings is 1. The van der Waals surface area contributed by atoms with Crippen molar-refractivity contribution in [1.82, 2.24) is 9.78 Å². The quantitative estimate of drug-likeness (QED) is 0.615. The summed E-state index contributed by atoms with van der Waals surface area (Å²) in [5, 5.41) is 5.09. The minimum Gasteiger partial charge on any atom is -0.221 e. The molecule has 0 bridgehead atoms. The third-order valence-electron chi connectivity index (χ3n) is 6.90. The molecule has 148 valence electrons. The summed E-state index contributed by atoms with van der Waals surface area (Å²) in [5.41, 5.74) is 5.77. The highest BCUT2D eigenvalue weighted by molar-refractivity contribution is 5.72. The first-order valence-electron chi connectivity index (χ1n) is 10.8. The predicted molar refractivity (Wildman–Crippen MR) is 115 cm³/mol. The molecule has 1 aromatic carbocycles. The maximum atomic E-state index is 5.09. The number of nitrogens with zero attached hydrogens (tertiary/aromatic N) is 3. The predicted octanol–water partition coefficient (Wildman–Crippen LogP) is 5.68. The zero-order chi connectivity index (χ0) is 20.3. The number of rotatable bonds is 5. The Morgan fingerprint density at radius 2 is 2.04 bits per heavy atom. The molecule has 0 amide bonds. The summed E-state index contributed by atoms with van der Waals surface area (Å²) >= 11 is 0. The Morgan fingerprint density at radius 3 is 2.64 bits per heavy atom. The number of hydrogen-bond donors (Lipinski definition) is 0. The van der Waals surface area contributed by atoms with Gasteiger partial charge in [0.1, 0.15) is 11.2 Å². The molecule has 1 aliphatic heterocycles. The van der Waals surface area contributed by atoms with Gasteiger partial charge in [0.25, 0.3) is 11.6 Å². The highest BCUT2D eigenvalue weighted by Gasteiger charge is 2.73. The summed E-state index contributed by atoms with van der Waals surface area (Å²) in [6, 6.07) is 8.71. The number of fused-ring (bicyclic) bond motifs is 3. The van der Waals surface area contributed by atoms with Gasteiger partial charge in [0, 0.05) is 23.0 Å². The van der Waals surface area contributed by atoms with Gasteiger partial charge in [0.2, 0.25) is 0 Å². The van der Waals surface area contributed by atoms with Crippen LogP contribution in [0.1, 0.15) is 71.1 Å². The summed E-state index contributed by atoms with van der Waals surface area (Å²) in [6.07, 6.45) is 8.19. The molecule has 0 saturated heterocycles. The highest BCUT2D eigenvalue weighted by atomic mass is 15.4. The van der Waals surface area contributed by atoms with Gasteiger partial charge in [0.15, 0.2) is 0 Å². The lowest BCUT2D eigenvalue weighted by molar-refractivity contribution is -0.755. The average molecular weight is 377 g/mol. The molecule has 2 aromatic rings. The van der Waals surface area contributed by atoms with E-state index < -0.39 is 0 Å². The molecule has 3 nitrogen and oxygen atoms in total. The van der Waals surface area contributed by atoms with Gasteiger partial charge in [-0.25, -0.2) is 4.57 Å². The largest absolute Gasteiger partial charge is 0.275 e. The summed E-state index contributed by atoms with van der Waals surface area (Å²) < 4.78 is 4.80. The van der Waals surface area contributed by atoms with Crippen LogP contribution in [0, 0.1) is 25.2 Å². The minimum atomic E-state index is 0.163. The van der Waals surface area contributed by atoms with Crippen molar-refractivity contribution < 1.29 is 4.57 Å². The summed E-state index contributed by atoms with van der Waals surface area (Å²) in [6.45, 7) is 15.9. The Balaban J connectivity index is 2.09. The molecular weight excluding hydrogens is 342 g/mol. The van der Waals surface area contributed by atoms with Crippen LogP contribution >= 0.6 is 0 Å². The number of hydrogen-bond acceptors (Lipinski definition) is 1. The molecule has 2 atom stereocenters. The first kappa shape index (κ1) is 19.2. The molecule has 1 aliphatic carbocycles. The second-order valence-corrected chi connectivity index (χ2v) is 9.23. The SMILES string of the molecule is CC=CC1=C(C(C)C)c2n(-c3cccc(C)c3)nc(C)[n+]2C2(CCC)CC12C. The molecule has 2 unspecified atom stereocenters. The average Bonchev–Trinajstić information content (AvgIpc) is 3.10. The van der Waals surface area contributed by atoms with Crippen LogP contribution in [0.15, 0.2) is 42.0 Å². The van der Waals surface area contributed by atoms with Crippen LogP contribution in [0.3, 0.4) is 0 Å². The molecule has 28 heavy (non-hydrogen) atoms. The lowest BCUT2D eigenvalue weighted by Gasteiger charge is -2.31. The van der Waals surface area contributed by atoms with E-state index in [1.807, 2.05) is 0 Å². The molecule has 4 rings (SSSR count). The molecule has 0 radical (unpaired) electrons. The van der Waals surface area contributed by atoms with Crippen molar-refractivity contribution in [2.75, 3.05) is 0 Å². The first-order valence-corrected chi connectivity index (χ1v) is 10.8. The third kappa shape index (κ3) is 2.41. The Labute approximate surface area is 169 Å². The van der Waals surface area contributed by atoms with E-state index in [0.717, 1.165) is 11.5 Å². The lowest BCUT2D eigenvalue weighted by atomic mass is 9.79. The van der Waals surface area contributed by atoms with Gasteiger partial charge >= 0.3 is 0 Å². The van der Waals surface area contributed by atoms with E-state index in [1.54, 1.807) is 0 Å². The number of allylic oxidation sites excluding steroid dienone is 4. The van der Waals surface area contributed by atoms with Crippen molar-refractivity contribution in [3.63, 3.8) is 0 Å². The van der Waals surface area contributed by atoms with Crippen molar-refractivity contribution in [2.24, 2.45) is 11.3 Å². The molecule has 2 aliphatic rings. The maximum Gasteiger partial charge on any atom is 0.275 e. The van der Waals surface area contributed by atoms with Gasteiger partial charge in [-0.2, -0.15) is 0 Å². The van der Waals surface area contributed by atoms with Crippen molar-refractivity contribution >= 4 is 5.57 Å². The van der Waals surface area contributed by atoms with Crippen LogP contribution in [0.25, 0.3) is 11.3 Å². The van der Waals surface area contributed by atoms with E-state index in [0.29, 0.717) is 5.92 Å². The lowest BCUT2D eigenvalue weighted by Crippen LogP contribution is -2.56. The number of aromatic nitrogens is 3. The van der Waals surface area contributed by atoms with E-state index in [9.17, 15) is 0 Å². The molecular formula is C25H34N3+. The molecule has 1 fully saturated rings. The maximum absolute atomic E-state index is 5.09. The van der Waals surface area contributed by atoms with Gasteiger partial charge in [0.05, 0.1) is 0 Å². The van der Waals surface area contributed by atoms with Gasteiger partial charge in [-0.15, -0.1) is 0 Å². The van der Waals surface area contributed by atoms with Crippen LogP contribution in [-0.2, 0) is 5.54 Å².